The standard InChI is InChI=1S/C20H24F2N4/c1-23-20(24-12-15-5-3-2-4-6-15)25-13-16-9-10-26(14-16)17-7-8-18(21)19(22)11-17/h2-8,11,16H,9-10,12-14H2,1H3,(H2,23,24,25). The molecule has 1 unspecified atom stereocenters. The van der Waals surface area contributed by atoms with Crippen LogP contribution in [0.4, 0.5) is 14.5 Å². The van der Waals surface area contributed by atoms with Crippen LogP contribution in [-0.2, 0) is 6.54 Å². The van der Waals surface area contributed by atoms with E-state index in [-0.39, 0.29) is 0 Å². The molecule has 4 nitrogen and oxygen atoms in total. The van der Waals surface area contributed by atoms with Crippen molar-refractivity contribution in [2.75, 3.05) is 31.6 Å². The highest BCUT2D eigenvalue weighted by Gasteiger charge is 2.23. The van der Waals surface area contributed by atoms with Crippen molar-refractivity contribution in [2.24, 2.45) is 10.9 Å². The van der Waals surface area contributed by atoms with Gasteiger partial charge in [-0.15, -0.1) is 0 Å². The maximum absolute atomic E-state index is 13.4. The molecule has 2 aromatic carbocycles. The molecule has 1 aliphatic rings. The Kier molecular flexibility index (Phi) is 6.04. The van der Waals surface area contributed by atoms with E-state index in [2.05, 4.69) is 32.7 Å². The molecule has 1 atom stereocenters. The van der Waals surface area contributed by atoms with Crippen molar-refractivity contribution in [2.45, 2.75) is 13.0 Å². The molecule has 0 radical (unpaired) electrons. The Morgan fingerprint density at radius 3 is 2.65 bits per heavy atom. The minimum Gasteiger partial charge on any atom is -0.371 e. The Bertz CT molecular complexity index is 749. The number of guanidine groups is 1. The van der Waals surface area contributed by atoms with E-state index in [0.717, 1.165) is 37.7 Å². The fourth-order valence-corrected chi connectivity index (χ4v) is 3.16. The van der Waals surface area contributed by atoms with Gasteiger partial charge in [-0.2, -0.15) is 0 Å². The van der Waals surface area contributed by atoms with Gasteiger partial charge < -0.3 is 15.5 Å². The van der Waals surface area contributed by atoms with E-state index in [9.17, 15) is 8.78 Å². The van der Waals surface area contributed by atoms with Crippen LogP contribution in [0.2, 0.25) is 0 Å². The molecule has 26 heavy (non-hydrogen) atoms. The summed E-state index contributed by atoms with van der Waals surface area (Å²) >= 11 is 0. The van der Waals surface area contributed by atoms with E-state index in [1.807, 2.05) is 18.2 Å². The minimum absolute atomic E-state index is 0.429. The number of nitrogens with one attached hydrogen (secondary N) is 2. The highest BCUT2D eigenvalue weighted by atomic mass is 19.2. The van der Waals surface area contributed by atoms with Crippen LogP contribution in [0.3, 0.4) is 0 Å². The number of benzene rings is 2. The number of rotatable bonds is 5. The predicted octanol–water partition coefficient (Wildman–Crippen LogP) is 3.16. The lowest BCUT2D eigenvalue weighted by Crippen LogP contribution is -2.39. The molecule has 6 heteroatoms. The van der Waals surface area contributed by atoms with Crippen molar-refractivity contribution >= 4 is 11.6 Å². The lowest BCUT2D eigenvalue weighted by atomic mass is 10.1. The third-order valence-corrected chi connectivity index (χ3v) is 4.64. The summed E-state index contributed by atoms with van der Waals surface area (Å²) in [5.74, 6) is -0.410. The van der Waals surface area contributed by atoms with Gasteiger partial charge in [0.05, 0.1) is 0 Å². The molecule has 0 saturated carbocycles. The van der Waals surface area contributed by atoms with Crippen LogP contribution in [-0.4, -0.2) is 32.6 Å². The van der Waals surface area contributed by atoms with Crippen LogP contribution in [0, 0.1) is 17.6 Å². The molecule has 0 amide bonds. The Hall–Kier alpha value is -2.63. The van der Waals surface area contributed by atoms with Gasteiger partial charge in [0.15, 0.2) is 17.6 Å². The lowest BCUT2D eigenvalue weighted by Gasteiger charge is -2.19. The summed E-state index contributed by atoms with van der Waals surface area (Å²) in [6.07, 6.45) is 1.00. The quantitative estimate of drug-likeness (QED) is 0.637. The lowest BCUT2D eigenvalue weighted by molar-refractivity contribution is 0.508. The van der Waals surface area contributed by atoms with Crippen molar-refractivity contribution in [3.63, 3.8) is 0 Å². The zero-order valence-electron chi connectivity index (χ0n) is 14.9. The Labute approximate surface area is 152 Å². The molecule has 138 valence electrons. The van der Waals surface area contributed by atoms with Crippen molar-refractivity contribution in [1.29, 1.82) is 0 Å². The summed E-state index contributed by atoms with van der Waals surface area (Å²) in [5.41, 5.74) is 1.93. The first-order valence-corrected chi connectivity index (χ1v) is 8.84. The molecular weight excluding hydrogens is 334 g/mol. The Morgan fingerprint density at radius 1 is 1.12 bits per heavy atom. The first-order valence-electron chi connectivity index (χ1n) is 8.84. The molecular formula is C20H24F2N4. The third-order valence-electron chi connectivity index (χ3n) is 4.64. The molecule has 0 bridgehead atoms. The normalized spacial score (nSPS) is 17.4. The van der Waals surface area contributed by atoms with E-state index in [0.29, 0.717) is 12.5 Å². The van der Waals surface area contributed by atoms with E-state index in [1.54, 1.807) is 13.1 Å². The zero-order chi connectivity index (χ0) is 18.4. The molecule has 1 saturated heterocycles. The van der Waals surface area contributed by atoms with E-state index < -0.39 is 11.6 Å². The fourth-order valence-electron chi connectivity index (χ4n) is 3.16. The highest BCUT2D eigenvalue weighted by Crippen LogP contribution is 2.24. The van der Waals surface area contributed by atoms with Crippen LogP contribution >= 0.6 is 0 Å². The van der Waals surface area contributed by atoms with Gasteiger partial charge in [0.2, 0.25) is 0 Å². The van der Waals surface area contributed by atoms with E-state index in [1.165, 1.54) is 17.7 Å². The van der Waals surface area contributed by atoms with Gasteiger partial charge in [-0.25, -0.2) is 8.78 Å². The smallest absolute Gasteiger partial charge is 0.191 e. The molecule has 0 aromatic heterocycles. The number of anilines is 1. The van der Waals surface area contributed by atoms with E-state index in [4.69, 9.17) is 0 Å². The number of hydrogen-bond donors (Lipinski definition) is 2. The van der Waals surface area contributed by atoms with Crippen molar-refractivity contribution in [3.8, 4) is 0 Å². The predicted molar refractivity (Wildman–Crippen MR) is 101 cm³/mol. The molecule has 1 fully saturated rings. The van der Waals surface area contributed by atoms with Crippen LogP contribution in [0.25, 0.3) is 0 Å². The van der Waals surface area contributed by atoms with Crippen molar-refractivity contribution in [3.05, 3.63) is 65.7 Å². The summed E-state index contributed by atoms with van der Waals surface area (Å²) in [6.45, 7) is 3.15. The molecule has 1 heterocycles. The zero-order valence-corrected chi connectivity index (χ0v) is 14.9. The first kappa shape index (κ1) is 18.2. The summed E-state index contributed by atoms with van der Waals surface area (Å²) < 4.78 is 26.5. The Balaban J connectivity index is 1.46. The number of halogens is 2. The maximum Gasteiger partial charge on any atom is 0.191 e. The Morgan fingerprint density at radius 2 is 1.92 bits per heavy atom. The number of nitrogens with zero attached hydrogens (tertiary/aromatic N) is 2. The average Bonchev–Trinajstić information content (AvgIpc) is 3.14. The minimum atomic E-state index is -0.806. The van der Waals surface area contributed by atoms with E-state index >= 15 is 0 Å². The molecule has 2 aromatic rings. The summed E-state index contributed by atoms with van der Waals surface area (Å²) in [4.78, 5) is 6.34. The van der Waals surface area contributed by atoms with Crippen molar-refractivity contribution in [1.82, 2.24) is 10.6 Å². The molecule has 0 spiro atoms. The first-order chi connectivity index (χ1) is 12.7. The van der Waals surface area contributed by atoms with Gasteiger partial charge in [0.25, 0.3) is 0 Å². The molecule has 1 aliphatic heterocycles. The van der Waals surface area contributed by atoms with Gasteiger partial charge in [-0.1, -0.05) is 30.3 Å². The second kappa shape index (κ2) is 8.65. The topological polar surface area (TPSA) is 39.7 Å². The number of hydrogen-bond acceptors (Lipinski definition) is 2. The van der Waals surface area contributed by atoms with Crippen LogP contribution in [0.15, 0.2) is 53.5 Å². The molecule has 0 aliphatic carbocycles. The summed E-state index contributed by atoms with van der Waals surface area (Å²) in [7, 11) is 1.75. The summed E-state index contributed by atoms with van der Waals surface area (Å²) in [5, 5.41) is 6.65. The third kappa shape index (κ3) is 4.71. The van der Waals surface area contributed by atoms with Gasteiger partial charge >= 0.3 is 0 Å². The van der Waals surface area contributed by atoms with Crippen molar-refractivity contribution < 1.29 is 8.78 Å². The van der Waals surface area contributed by atoms with Crippen LogP contribution in [0.5, 0.6) is 0 Å². The van der Waals surface area contributed by atoms with Gasteiger partial charge in [0, 0.05) is 45.0 Å². The molecule has 2 N–H and O–H groups in total. The highest BCUT2D eigenvalue weighted by molar-refractivity contribution is 5.79. The second-order valence-electron chi connectivity index (χ2n) is 6.49. The monoisotopic (exact) mass is 358 g/mol. The average molecular weight is 358 g/mol. The van der Waals surface area contributed by atoms with Gasteiger partial charge in [-0.05, 0) is 30.0 Å². The van der Waals surface area contributed by atoms with Crippen LogP contribution in [0.1, 0.15) is 12.0 Å². The second-order valence-corrected chi connectivity index (χ2v) is 6.49. The van der Waals surface area contributed by atoms with Crippen LogP contribution < -0.4 is 15.5 Å². The van der Waals surface area contributed by atoms with Gasteiger partial charge in [-0.3, -0.25) is 4.99 Å². The molecule has 3 rings (SSSR count). The van der Waals surface area contributed by atoms with Gasteiger partial charge in [0.1, 0.15) is 0 Å². The summed E-state index contributed by atoms with van der Waals surface area (Å²) in [6, 6.07) is 14.2. The largest absolute Gasteiger partial charge is 0.371 e. The number of aliphatic imine (C=N–C) groups is 1. The fraction of sp³-hybridized carbons (Fsp3) is 0.350. The maximum atomic E-state index is 13.4. The SMILES string of the molecule is CN=C(NCc1ccccc1)NCC1CCN(c2ccc(F)c(F)c2)C1.